The topological polar surface area (TPSA) is 77.7 Å². The van der Waals surface area contributed by atoms with Crippen LogP contribution >= 0.6 is 11.8 Å². The number of aromatic nitrogens is 4. The Balaban J connectivity index is 1.80. The predicted octanol–water partition coefficient (Wildman–Crippen LogP) is 1.08. The fraction of sp³-hybridized carbons (Fsp3) is 0.462. The second kappa shape index (κ2) is 5.41. The van der Waals surface area contributed by atoms with Crippen LogP contribution in [0.15, 0.2) is 16.1 Å². The number of nitrogens with one attached hydrogen (secondary N) is 2. The van der Waals surface area contributed by atoms with Gasteiger partial charge in [-0.25, -0.2) is 9.97 Å². The van der Waals surface area contributed by atoms with Crippen LogP contribution in [0.5, 0.6) is 0 Å². The molecule has 0 bridgehead atoms. The Hall–Kier alpha value is -1.60. The number of rotatable bonds is 3. The minimum atomic E-state index is -0.0142. The molecule has 0 spiro atoms. The Morgan fingerprint density at radius 3 is 3.00 bits per heavy atom. The number of hydrogen-bond donors (Lipinski definition) is 2. The van der Waals surface area contributed by atoms with Crippen molar-refractivity contribution >= 4 is 11.8 Å². The molecule has 1 aliphatic heterocycles. The fourth-order valence-electron chi connectivity index (χ4n) is 2.45. The molecule has 0 saturated heterocycles. The zero-order valence-corrected chi connectivity index (χ0v) is 12.4. The highest BCUT2D eigenvalue weighted by Gasteiger charge is 2.21. The summed E-state index contributed by atoms with van der Waals surface area (Å²) >= 11 is 1.47. The van der Waals surface area contributed by atoms with Gasteiger partial charge in [0, 0.05) is 31.4 Å². The number of H-pyrrole nitrogens is 2. The minimum absolute atomic E-state index is 0.0142. The van der Waals surface area contributed by atoms with Crippen molar-refractivity contribution in [2.45, 2.75) is 31.6 Å². The third-order valence-corrected chi connectivity index (χ3v) is 4.03. The molecule has 0 aromatic carbocycles. The highest BCUT2D eigenvalue weighted by atomic mass is 32.2. The largest absolute Gasteiger partial charge is 0.345 e. The molecule has 0 fully saturated rings. The first-order chi connectivity index (χ1) is 9.65. The number of imidazole rings is 1. The molecule has 7 heteroatoms. The van der Waals surface area contributed by atoms with Gasteiger partial charge in [-0.3, -0.25) is 9.69 Å². The first-order valence-corrected chi connectivity index (χ1v) is 7.77. The Labute approximate surface area is 121 Å². The molecule has 2 N–H and O–H groups in total. The molecule has 1 aliphatic rings. The van der Waals surface area contributed by atoms with Gasteiger partial charge >= 0.3 is 0 Å². The van der Waals surface area contributed by atoms with E-state index in [2.05, 4.69) is 24.8 Å². The average Bonchev–Trinajstić information content (AvgIpc) is 2.84. The van der Waals surface area contributed by atoms with Crippen LogP contribution in [0.4, 0.5) is 0 Å². The van der Waals surface area contributed by atoms with Gasteiger partial charge in [0.05, 0.1) is 17.8 Å². The molecule has 0 radical (unpaired) electrons. The second-order valence-electron chi connectivity index (χ2n) is 4.97. The molecule has 3 heterocycles. The lowest BCUT2D eigenvalue weighted by molar-refractivity contribution is 0.235. The summed E-state index contributed by atoms with van der Waals surface area (Å²) in [4.78, 5) is 29.2. The lowest BCUT2D eigenvalue weighted by Crippen LogP contribution is -2.35. The number of thioether (sulfide) groups is 1. The van der Waals surface area contributed by atoms with Crippen LogP contribution in [0.2, 0.25) is 0 Å². The van der Waals surface area contributed by atoms with Crippen LogP contribution in [0, 0.1) is 6.92 Å². The van der Waals surface area contributed by atoms with E-state index >= 15 is 0 Å². The summed E-state index contributed by atoms with van der Waals surface area (Å²) in [5.74, 6) is 0.941. The van der Waals surface area contributed by atoms with E-state index < -0.39 is 0 Å². The second-order valence-corrected chi connectivity index (χ2v) is 5.77. The molecule has 6 nitrogen and oxygen atoms in total. The Morgan fingerprint density at radius 2 is 2.30 bits per heavy atom. The fourth-order valence-corrected chi connectivity index (χ4v) is 2.85. The smallest absolute Gasteiger partial charge is 0.256 e. The highest BCUT2D eigenvalue weighted by Crippen LogP contribution is 2.17. The molecule has 2 aromatic heterocycles. The van der Waals surface area contributed by atoms with Gasteiger partial charge in [0.1, 0.15) is 5.82 Å². The van der Waals surface area contributed by atoms with Gasteiger partial charge in [-0.05, 0) is 13.2 Å². The van der Waals surface area contributed by atoms with Gasteiger partial charge < -0.3 is 9.97 Å². The van der Waals surface area contributed by atoms with Crippen molar-refractivity contribution in [3.63, 3.8) is 0 Å². The van der Waals surface area contributed by atoms with Crippen LogP contribution < -0.4 is 5.56 Å². The van der Waals surface area contributed by atoms with Crippen LogP contribution in [-0.4, -0.2) is 37.6 Å². The van der Waals surface area contributed by atoms with E-state index in [9.17, 15) is 4.79 Å². The number of aryl methyl sites for hydroxylation is 1. The molecule has 0 amide bonds. The normalized spacial score (nSPS) is 15.3. The van der Waals surface area contributed by atoms with E-state index in [1.165, 1.54) is 11.8 Å². The third-order valence-electron chi connectivity index (χ3n) is 3.45. The zero-order chi connectivity index (χ0) is 14.1. The van der Waals surface area contributed by atoms with Crippen molar-refractivity contribution in [1.82, 2.24) is 24.8 Å². The number of aromatic amines is 2. The standard InChI is InChI=1S/C13H17N5OS/c1-8-5-14-11(15-8)7-18-4-3-10-9(6-18)12(19)17-13(16-10)20-2/h5H,3-4,6-7H2,1-2H3,(H,14,15)(H,16,17,19). The Kier molecular flexibility index (Phi) is 3.62. The zero-order valence-electron chi connectivity index (χ0n) is 11.6. The monoisotopic (exact) mass is 291 g/mol. The molecule has 0 aliphatic carbocycles. The summed E-state index contributed by atoms with van der Waals surface area (Å²) < 4.78 is 0. The highest BCUT2D eigenvalue weighted by molar-refractivity contribution is 7.98. The van der Waals surface area contributed by atoms with Gasteiger partial charge in [-0.2, -0.15) is 0 Å². The van der Waals surface area contributed by atoms with Crippen molar-refractivity contribution in [3.8, 4) is 0 Å². The van der Waals surface area contributed by atoms with Gasteiger partial charge in [-0.15, -0.1) is 0 Å². The maximum atomic E-state index is 12.1. The SMILES string of the molecule is CSc1nc2c(c(=O)[nH]1)CN(Cc1ncc(C)[nH]1)CC2. The molecule has 3 rings (SSSR count). The molecular formula is C13H17N5OS. The van der Waals surface area contributed by atoms with Gasteiger partial charge in [0.2, 0.25) is 0 Å². The molecule has 106 valence electrons. The molecule has 0 atom stereocenters. The van der Waals surface area contributed by atoms with E-state index in [1.54, 1.807) is 0 Å². The maximum Gasteiger partial charge on any atom is 0.256 e. The van der Waals surface area contributed by atoms with Crippen molar-refractivity contribution in [2.75, 3.05) is 12.8 Å². The van der Waals surface area contributed by atoms with Crippen molar-refractivity contribution in [3.05, 3.63) is 39.3 Å². The van der Waals surface area contributed by atoms with Crippen LogP contribution in [0.25, 0.3) is 0 Å². The van der Waals surface area contributed by atoms with E-state index in [-0.39, 0.29) is 5.56 Å². The molecule has 0 unspecified atom stereocenters. The van der Waals surface area contributed by atoms with Crippen LogP contribution in [0.1, 0.15) is 22.8 Å². The third kappa shape index (κ3) is 2.64. The summed E-state index contributed by atoms with van der Waals surface area (Å²) in [6.07, 6.45) is 4.55. The summed E-state index contributed by atoms with van der Waals surface area (Å²) in [5, 5.41) is 0.698. The summed E-state index contributed by atoms with van der Waals surface area (Å²) in [5.41, 5.74) is 2.77. The van der Waals surface area contributed by atoms with E-state index in [0.717, 1.165) is 42.3 Å². The summed E-state index contributed by atoms with van der Waals surface area (Å²) in [6, 6.07) is 0. The van der Waals surface area contributed by atoms with Gasteiger partial charge in [0.25, 0.3) is 5.56 Å². The Bertz CT molecular complexity index is 678. The lowest BCUT2D eigenvalue weighted by atomic mass is 10.1. The van der Waals surface area contributed by atoms with Crippen molar-refractivity contribution in [1.29, 1.82) is 0 Å². The summed E-state index contributed by atoms with van der Waals surface area (Å²) in [6.45, 7) is 4.25. The van der Waals surface area contributed by atoms with E-state index in [0.29, 0.717) is 11.7 Å². The molecule has 2 aromatic rings. The van der Waals surface area contributed by atoms with Crippen LogP contribution in [-0.2, 0) is 19.5 Å². The predicted molar refractivity (Wildman–Crippen MR) is 77.8 cm³/mol. The number of fused-ring (bicyclic) bond motifs is 1. The maximum absolute atomic E-state index is 12.1. The van der Waals surface area contributed by atoms with Gasteiger partial charge in [0.15, 0.2) is 5.16 Å². The van der Waals surface area contributed by atoms with E-state index in [1.807, 2.05) is 19.4 Å². The molecule has 20 heavy (non-hydrogen) atoms. The quantitative estimate of drug-likeness (QED) is 0.653. The lowest BCUT2D eigenvalue weighted by Gasteiger charge is -2.26. The van der Waals surface area contributed by atoms with Crippen molar-refractivity contribution in [2.24, 2.45) is 0 Å². The number of nitrogens with zero attached hydrogens (tertiary/aromatic N) is 3. The van der Waals surface area contributed by atoms with Crippen molar-refractivity contribution < 1.29 is 0 Å². The van der Waals surface area contributed by atoms with Gasteiger partial charge in [-0.1, -0.05) is 11.8 Å². The molecular weight excluding hydrogens is 274 g/mol. The minimum Gasteiger partial charge on any atom is -0.345 e. The summed E-state index contributed by atoms with van der Waals surface area (Å²) in [7, 11) is 0. The molecule has 0 saturated carbocycles. The van der Waals surface area contributed by atoms with Crippen LogP contribution in [0.3, 0.4) is 0 Å². The number of hydrogen-bond acceptors (Lipinski definition) is 5. The van der Waals surface area contributed by atoms with E-state index in [4.69, 9.17) is 0 Å². The first kappa shape index (κ1) is 13.4. The first-order valence-electron chi connectivity index (χ1n) is 6.54. The average molecular weight is 291 g/mol. The Morgan fingerprint density at radius 1 is 1.45 bits per heavy atom.